The molecule has 0 heterocycles. The second kappa shape index (κ2) is 10.5. The van der Waals surface area contributed by atoms with Crippen molar-refractivity contribution in [2.24, 2.45) is 0 Å². The van der Waals surface area contributed by atoms with Gasteiger partial charge in [0.25, 0.3) is 0 Å². The number of rotatable bonds is 10. The lowest BCUT2D eigenvalue weighted by Crippen LogP contribution is -2.33. The summed E-state index contributed by atoms with van der Waals surface area (Å²) < 4.78 is 5.82. The zero-order chi connectivity index (χ0) is 14.6. The Morgan fingerprint density at radius 2 is 1.90 bits per heavy atom. The third kappa shape index (κ3) is 6.22. The monoisotopic (exact) mass is 276 g/mol. The SMILES string of the molecule is CC=Cc1ccccc1OCCNCCN(CC)CC. The van der Waals surface area contributed by atoms with Crippen molar-refractivity contribution >= 4 is 6.08 Å². The maximum Gasteiger partial charge on any atom is 0.126 e. The van der Waals surface area contributed by atoms with E-state index in [1.165, 1.54) is 0 Å². The number of hydrogen-bond donors (Lipinski definition) is 1. The van der Waals surface area contributed by atoms with Crippen LogP contribution in [0, 0.1) is 0 Å². The average molecular weight is 276 g/mol. The van der Waals surface area contributed by atoms with Gasteiger partial charge < -0.3 is 15.0 Å². The summed E-state index contributed by atoms with van der Waals surface area (Å²) in [5.74, 6) is 0.955. The number of benzene rings is 1. The molecular formula is C17H28N2O. The summed E-state index contributed by atoms with van der Waals surface area (Å²) in [6.45, 7) is 12.3. The van der Waals surface area contributed by atoms with Gasteiger partial charge in [0.15, 0.2) is 0 Å². The van der Waals surface area contributed by atoms with E-state index in [1.54, 1.807) is 0 Å². The lowest BCUT2D eigenvalue weighted by Gasteiger charge is -2.18. The molecule has 0 saturated heterocycles. The van der Waals surface area contributed by atoms with Crippen LogP contribution in [0.4, 0.5) is 0 Å². The normalized spacial score (nSPS) is 11.4. The van der Waals surface area contributed by atoms with Crippen LogP contribution in [0.3, 0.4) is 0 Å². The minimum Gasteiger partial charge on any atom is -0.492 e. The van der Waals surface area contributed by atoms with E-state index in [4.69, 9.17) is 4.74 Å². The molecule has 112 valence electrons. The Kier molecular flexibility index (Phi) is 8.76. The van der Waals surface area contributed by atoms with Crippen LogP contribution in [-0.4, -0.2) is 44.2 Å². The van der Waals surface area contributed by atoms with Crippen molar-refractivity contribution in [3.63, 3.8) is 0 Å². The van der Waals surface area contributed by atoms with Crippen LogP contribution in [0.5, 0.6) is 5.75 Å². The molecule has 0 aliphatic heterocycles. The van der Waals surface area contributed by atoms with E-state index < -0.39 is 0 Å². The zero-order valence-corrected chi connectivity index (χ0v) is 13.1. The number of ether oxygens (including phenoxy) is 1. The molecule has 1 aromatic rings. The molecule has 1 rings (SSSR count). The third-order valence-electron chi connectivity index (χ3n) is 3.30. The maximum atomic E-state index is 5.82. The molecular weight excluding hydrogens is 248 g/mol. The third-order valence-corrected chi connectivity index (χ3v) is 3.30. The summed E-state index contributed by atoms with van der Waals surface area (Å²) in [6.07, 6.45) is 4.10. The first-order chi connectivity index (χ1) is 9.81. The molecule has 0 atom stereocenters. The van der Waals surface area contributed by atoms with E-state index in [0.717, 1.165) is 44.0 Å². The van der Waals surface area contributed by atoms with Gasteiger partial charge in [-0.2, -0.15) is 0 Å². The molecule has 0 radical (unpaired) electrons. The summed E-state index contributed by atoms with van der Waals surface area (Å²) in [6, 6.07) is 8.13. The lowest BCUT2D eigenvalue weighted by atomic mass is 10.2. The van der Waals surface area contributed by atoms with E-state index in [1.807, 2.05) is 31.2 Å². The molecule has 0 aromatic heterocycles. The summed E-state index contributed by atoms with van der Waals surface area (Å²) in [4.78, 5) is 2.41. The highest BCUT2D eigenvalue weighted by Gasteiger charge is 2.00. The number of allylic oxidation sites excluding steroid dienone is 1. The Morgan fingerprint density at radius 1 is 1.15 bits per heavy atom. The molecule has 0 unspecified atom stereocenters. The van der Waals surface area contributed by atoms with E-state index in [2.05, 4.69) is 36.2 Å². The molecule has 0 aliphatic carbocycles. The van der Waals surface area contributed by atoms with Crippen molar-refractivity contribution in [2.75, 3.05) is 39.3 Å². The largest absolute Gasteiger partial charge is 0.492 e. The quantitative estimate of drug-likeness (QED) is 0.665. The van der Waals surface area contributed by atoms with Gasteiger partial charge in [-0.05, 0) is 26.1 Å². The molecule has 0 aliphatic rings. The van der Waals surface area contributed by atoms with Crippen LogP contribution in [-0.2, 0) is 0 Å². The van der Waals surface area contributed by atoms with Gasteiger partial charge in [0.2, 0.25) is 0 Å². The first kappa shape index (κ1) is 16.7. The molecule has 0 amide bonds. The average Bonchev–Trinajstić information content (AvgIpc) is 2.48. The van der Waals surface area contributed by atoms with Crippen LogP contribution in [0.1, 0.15) is 26.3 Å². The van der Waals surface area contributed by atoms with E-state index in [-0.39, 0.29) is 0 Å². The van der Waals surface area contributed by atoms with Crippen molar-refractivity contribution < 1.29 is 4.74 Å². The van der Waals surface area contributed by atoms with Gasteiger partial charge in [-0.25, -0.2) is 0 Å². The van der Waals surface area contributed by atoms with E-state index >= 15 is 0 Å². The molecule has 3 heteroatoms. The topological polar surface area (TPSA) is 24.5 Å². The number of hydrogen-bond acceptors (Lipinski definition) is 3. The fourth-order valence-corrected chi connectivity index (χ4v) is 2.06. The molecule has 0 bridgehead atoms. The summed E-state index contributed by atoms with van der Waals surface area (Å²) in [5.41, 5.74) is 1.14. The molecule has 1 aromatic carbocycles. The Bertz CT molecular complexity index is 386. The summed E-state index contributed by atoms with van der Waals surface area (Å²) in [7, 11) is 0. The number of para-hydroxylation sites is 1. The van der Waals surface area contributed by atoms with Crippen LogP contribution in [0.15, 0.2) is 30.3 Å². The highest BCUT2D eigenvalue weighted by atomic mass is 16.5. The predicted molar refractivity (Wildman–Crippen MR) is 87.3 cm³/mol. The standard InChI is InChI=1S/C17H28N2O/c1-4-9-16-10-7-8-11-17(16)20-15-13-18-12-14-19(5-2)6-3/h4,7-11,18H,5-6,12-15H2,1-3H3. The second-order valence-electron chi connectivity index (χ2n) is 4.66. The van der Waals surface area contributed by atoms with Crippen molar-refractivity contribution in [2.45, 2.75) is 20.8 Å². The fourth-order valence-electron chi connectivity index (χ4n) is 2.06. The predicted octanol–water partition coefficient (Wildman–Crippen LogP) is 3.03. The molecule has 0 spiro atoms. The van der Waals surface area contributed by atoms with Crippen LogP contribution >= 0.6 is 0 Å². The smallest absolute Gasteiger partial charge is 0.126 e. The zero-order valence-electron chi connectivity index (χ0n) is 13.1. The van der Waals surface area contributed by atoms with Crippen molar-refractivity contribution in [3.8, 4) is 5.75 Å². The highest BCUT2D eigenvalue weighted by Crippen LogP contribution is 2.18. The Hall–Kier alpha value is -1.32. The van der Waals surface area contributed by atoms with Gasteiger partial charge in [0.1, 0.15) is 12.4 Å². The number of nitrogens with one attached hydrogen (secondary N) is 1. The van der Waals surface area contributed by atoms with Gasteiger partial charge in [-0.15, -0.1) is 0 Å². The molecule has 0 fully saturated rings. The van der Waals surface area contributed by atoms with E-state index in [9.17, 15) is 0 Å². The van der Waals surface area contributed by atoms with Gasteiger partial charge in [0, 0.05) is 25.2 Å². The van der Waals surface area contributed by atoms with Crippen LogP contribution in [0.25, 0.3) is 6.08 Å². The first-order valence-corrected chi connectivity index (χ1v) is 7.59. The van der Waals surface area contributed by atoms with Gasteiger partial charge in [0.05, 0.1) is 0 Å². The van der Waals surface area contributed by atoms with Gasteiger partial charge in [-0.3, -0.25) is 0 Å². The first-order valence-electron chi connectivity index (χ1n) is 7.59. The number of nitrogens with zero attached hydrogens (tertiary/aromatic N) is 1. The maximum absolute atomic E-state index is 5.82. The Balaban J connectivity index is 2.21. The Morgan fingerprint density at radius 3 is 2.60 bits per heavy atom. The molecule has 0 saturated carbocycles. The van der Waals surface area contributed by atoms with Crippen LogP contribution in [0.2, 0.25) is 0 Å². The fraction of sp³-hybridized carbons (Fsp3) is 0.529. The number of likely N-dealkylation sites (N-methyl/N-ethyl adjacent to an activating group) is 1. The minimum absolute atomic E-state index is 0.701. The summed E-state index contributed by atoms with van der Waals surface area (Å²) >= 11 is 0. The van der Waals surface area contributed by atoms with E-state index in [0.29, 0.717) is 6.61 Å². The van der Waals surface area contributed by atoms with Crippen molar-refractivity contribution in [3.05, 3.63) is 35.9 Å². The van der Waals surface area contributed by atoms with Crippen molar-refractivity contribution in [1.82, 2.24) is 10.2 Å². The second-order valence-corrected chi connectivity index (χ2v) is 4.66. The van der Waals surface area contributed by atoms with Gasteiger partial charge in [-0.1, -0.05) is 44.2 Å². The van der Waals surface area contributed by atoms with Gasteiger partial charge >= 0.3 is 0 Å². The highest BCUT2D eigenvalue weighted by molar-refractivity contribution is 5.56. The minimum atomic E-state index is 0.701. The van der Waals surface area contributed by atoms with Crippen LogP contribution < -0.4 is 10.1 Å². The summed E-state index contributed by atoms with van der Waals surface area (Å²) in [5, 5.41) is 3.42. The van der Waals surface area contributed by atoms with Crippen molar-refractivity contribution in [1.29, 1.82) is 0 Å². The molecule has 1 N–H and O–H groups in total. The Labute approximate surface area is 123 Å². The molecule has 20 heavy (non-hydrogen) atoms. The molecule has 3 nitrogen and oxygen atoms in total. The lowest BCUT2D eigenvalue weighted by molar-refractivity contribution is 0.285.